The Bertz CT molecular complexity index is 4140. The Labute approximate surface area is 392 Å². The number of nitrogens with zero attached hydrogens (tertiary/aromatic N) is 4. The van der Waals surface area contributed by atoms with Crippen LogP contribution in [0.3, 0.4) is 0 Å². The number of benzene rings is 11. The zero-order chi connectivity index (χ0) is 43.9. The van der Waals surface area contributed by atoms with Gasteiger partial charge in [-0.2, -0.15) is 0 Å². The van der Waals surface area contributed by atoms with Gasteiger partial charge in [-0.05, 0) is 109 Å². The molecule has 6 heterocycles. The van der Waals surface area contributed by atoms with E-state index in [4.69, 9.17) is 0 Å². The molecule has 13 aromatic rings. The van der Waals surface area contributed by atoms with Gasteiger partial charge in [0.25, 0.3) is 0 Å². The summed E-state index contributed by atoms with van der Waals surface area (Å²) in [5, 5.41) is 10.3. The van der Waals surface area contributed by atoms with E-state index in [1.165, 1.54) is 132 Å². The van der Waals surface area contributed by atoms with E-state index < -0.39 is 0 Å². The maximum absolute atomic E-state index is 2.71. The Kier molecular flexibility index (Phi) is 6.57. The van der Waals surface area contributed by atoms with Crippen LogP contribution in [0.4, 0.5) is 34.1 Å². The highest BCUT2D eigenvalue weighted by atomic mass is 15.2. The van der Waals surface area contributed by atoms with E-state index in [1.807, 2.05) is 0 Å². The molecule has 0 N–H and O–H groups in total. The van der Waals surface area contributed by atoms with Crippen LogP contribution in [0.25, 0.3) is 87.4 Å². The summed E-state index contributed by atoms with van der Waals surface area (Å²) in [6.45, 7) is -0.218. The second kappa shape index (κ2) is 12.6. The van der Waals surface area contributed by atoms with Gasteiger partial charge in [0.05, 0.1) is 0 Å². The first kappa shape index (κ1) is 35.5. The first-order chi connectivity index (χ1) is 33.8. The van der Waals surface area contributed by atoms with Crippen molar-refractivity contribution in [3.05, 3.63) is 218 Å². The zero-order valence-electron chi connectivity index (χ0n) is 36.7. The molecule has 0 bridgehead atoms. The van der Waals surface area contributed by atoms with Gasteiger partial charge in [0.1, 0.15) is 0 Å². The molecule has 0 unspecified atom stereocenters. The van der Waals surface area contributed by atoms with Crippen molar-refractivity contribution in [3.63, 3.8) is 0 Å². The number of rotatable bonds is 2. The summed E-state index contributed by atoms with van der Waals surface area (Å²) in [4.78, 5) is 5.16. The Morgan fingerprint density at radius 1 is 0.294 bits per heavy atom. The molecule has 68 heavy (non-hydrogen) atoms. The van der Waals surface area contributed by atoms with Gasteiger partial charge in [-0.15, -0.1) is 0 Å². The second-order valence-corrected chi connectivity index (χ2v) is 19.1. The number of para-hydroxylation sites is 6. The molecule has 0 aliphatic carbocycles. The molecule has 0 spiro atoms. The van der Waals surface area contributed by atoms with Crippen molar-refractivity contribution in [3.8, 4) is 22.3 Å². The number of anilines is 6. The van der Waals surface area contributed by atoms with Gasteiger partial charge in [-0.1, -0.05) is 164 Å². The highest BCUT2D eigenvalue weighted by molar-refractivity contribution is 6.93. The van der Waals surface area contributed by atoms with E-state index in [2.05, 4.69) is 237 Å². The van der Waals surface area contributed by atoms with Gasteiger partial charge < -0.3 is 18.8 Å². The van der Waals surface area contributed by atoms with Gasteiger partial charge in [0.2, 0.25) is 0 Å². The lowest BCUT2D eigenvalue weighted by Crippen LogP contribution is -2.61. The molecule has 4 aliphatic rings. The van der Waals surface area contributed by atoms with E-state index in [0.29, 0.717) is 0 Å². The van der Waals surface area contributed by atoms with Crippen LogP contribution in [0.2, 0.25) is 0 Å². The summed E-state index contributed by atoms with van der Waals surface area (Å²) in [6.07, 6.45) is 0. The Morgan fingerprint density at radius 2 is 0.691 bits per heavy atom. The summed E-state index contributed by atoms with van der Waals surface area (Å²) in [7, 11) is 0. The van der Waals surface area contributed by atoms with Crippen LogP contribution in [0, 0.1) is 0 Å². The van der Waals surface area contributed by atoms with Crippen LogP contribution in [0.1, 0.15) is 0 Å². The molecular weight excluding hydrogens is 822 g/mol. The van der Waals surface area contributed by atoms with Gasteiger partial charge in [0.15, 0.2) is 0 Å². The Balaban J connectivity index is 1.09. The summed E-state index contributed by atoms with van der Waals surface area (Å²) < 4.78 is 5.41. The summed E-state index contributed by atoms with van der Waals surface area (Å²) in [6, 6.07) is 82.5. The zero-order valence-corrected chi connectivity index (χ0v) is 36.7. The number of fused-ring (bicyclic) bond motifs is 18. The molecule has 0 atom stereocenters. The average Bonchev–Trinajstić information content (AvgIpc) is 3.92. The van der Waals surface area contributed by atoms with Crippen LogP contribution in [0.5, 0.6) is 0 Å². The predicted octanol–water partition coefficient (Wildman–Crippen LogP) is 13.0. The van der Waals surface area contributed by atoms with Crippen molar-refractivity contribution in [1.29, 1.82) is 0 Å². The monoisotopic (exact) mass is 858 g/mol. The molecule has 310 valence electrons. The number of hydrogen-bond donors (Lipinski definition) is 0. The van der Waals surface area contributed by atoms with E-state index in [0.717, 1.165) is 11.4 Å². The SMILES string of the molecule is c1ccc(N2c3cc4c(cc3B3c5c2cc2ccccc2c5-c2cccc5c6ccccc6n3c25)B2c3c(cc5ccccc5c3-c3cccc5c6ccccc6n2c35)N4c2ccccc2)cc1. The molecule has 11 aromatic carbocycles. The molecule has 0 saturated heterocycles. The maximum Gasteiger partial charge on any atom is 0.333 e. The summed E-state index contributed by atoms with van der Waals surface area (Å²) >= 11 is 0. The molecule has 6 heteroatoms. The summed E-state index contributed by atoms with van der Waals surface area (Å²) in [5.74, 6) is 0. The molecular formula is C62H36B2N4. The van der Waals surface area contributed by atoms with Crippen molar-refractivity contribution < 1.29 is 0 Å². The number of hydrogen-bond acceptors (Lipinski definition) is 2. The highest BCUT2D eigenvalue weighted by Crippen LogP contribution is 2.51. The van der Waals surface area contributed by atoms with E-state index in [1.54, 1.807) is 0 Å². The van der Waals surface area contributed by atoms with E-state index in [9.17, 15) is 0 Å². The lowest BCUT2D eigenvalue weighted by Gasteiger charge is -2.45. The third-order valence-corrected chi connectivity index (χ3v) is 16.0. The molecule has 4 nitrogen and oxygen atoms in total. The normalized spacial score (nSPS) is 13.8. The first-order valence-electron chi connectivity index (χ1n) is 23.8. The van der Waals surface area contributed by atoms with Gasteiger partial charge in [-0.25, -0.2) is 0 Å². The topological polar surface area (TPSA) is 16.3 Å². The maximum atomic E-state index is 2.71. The molecule has 4 aliphatic heterocycles. The first-order valence-corrected chi connectivity index (χ1v) is 23.8. The van der Waals surface area contributed by atoms with Crippen molar-refractivity contribution in [2.24, 2.45) is 0 Å². The van der Waals surface area contributed by atoms with E-state index in [-0.39, 0.29) is 13.7 Å². The standard InChI is InChI=1S/C62H36B2N4/c1-3-19-39(20-4-1)65-53-36-54-50(35-49(53)63-59-55(65)33-37-17-7-9-23-41(37)57(59)47-29-15-27-45-43-25-11-13-31-51(43)67(63)61(45)47)64-60-56(66(54)40-21-5-2-6-22-40)34-38-18-8-10-24-42(38)58(60)48-30-16-28-46-44-26-12-14-32-52(44)68(64)62(46)48/h1-36H. The fourth-order valence-corrected chi connectivity index (χ4v) is 13.5. The fraction of sp³-hybridized carbons (Fsp3) is 0. The molecule has 2 aromatic heterocycles. The second-order valence-electron chi connectivity index (χ2n) is 19.1. The Hall–Kier alpha value is -8.73. The van der Waals surface area contributed by atoms with Crippen LogP contribution in [-0.2, 0) is 0 Å². The minimum atomic E-state index is -0.109. The van der Waals surface area contributed by atoms with Crippen molar-refractivity contribution in [2.75, 3.05) is 9.80 Å². The number of aromatic nitrogens is 2. The lowest BCUT2D eigenvalue weighted by molar-refractivity contribution is 1.23. The third kappa shape index (κ3) is 4.22. The molecule has 0 radical (unpaired) electrons. The van der Waals surface area contributed by atoms with Crippen LogP contribution >= 0.6 is 0 Å². The quantitative estimate of drug-likeness (QED) is 0.161. The summed E-state index contributed by atoms with van der Waals surface area (Å²) in [5.41, 5.74) is 22.8. The molecule has 0 saturated carbocycles. The van der Waals surface area contributed by atoms with E-state index >= 15 is 0 Å². The van der Waals surface area contributed by atoms with Crippen molar-refractivity contribution in [2.45, 2.75) is 0 Å². The minimum Gasteiger partial charge on any atom is -0.375 e. The van der Waals surface area contributed by atoms with Crippen LogP contribution in [-0.4, -0.2) is 22.7 Å². The third-order valence-electron chi connectivity index (χ3n) is 16.0. The fourth-order valence-electron chi connectivity index (χ4n) is 13.5. The smallest absolute Gasteiger partial charge is 0.333 e. The highest BCUT2D eigenvalue weighted by Gasteiger charge is 2.48. The van der Waals surface area contributed by atoms with Crippen LogP contribution < -0.4 is 31.7 Å². The molecule has 0 fully saturated rings. The average molecular weight is 859 g/mol. The largest absolute Gasteiger partial charge is 0.375 e. The van der Waals surface area contributed by atoms with Crippen molar-refractivity contribution >= 4 is 135 Å². The van der Waals surface area contributed by atoms with Crippen molar-refractivity contribution in [1.82, 2.24) is 8.96 Å². The van der Waals surface area contributed by atoms with Crippen LogP contribution in [0.15, 0.2) is 218 Å². The Morgan fingerprint density at radius 3 is 1.16 bits per heavy atom. The molecule has 0 amide bonds. The predicted molar refractivity (Wildman–Crippen MR) is 289 cm³/mol. The minimum absolute atomic E-state index is 0.109. The lowest BCUT2D eigenvalue weighted by atomic mass is 9.41. The van der Waals surface area contributed by atoms with Gasteiger partial charge >= 0.3 is 13.7 Å². The van der Waals surface area contributed by atoms with Gasteiger partial charge in [-0.3, -0.25) is 0 Å². The molecule has 17 rings (SSSR count). The van der Waals surface area contributed by atoms with Gasteiger partial charge in [0, 0.05) is 88.9 Å².